The predicted octanol–water partition coefficient (Wildman–Crippen LogP) is 3.16. The van der Waals surface area contributed by atoms with Crippen LogP contribution in [0.3, 0.4) is 0 Å². The van der Waals surface area contributed by atoms with Crippen LogP contribution in [-0.4, -0.2) is 12.6 Å². The predicted molar refractivity (Wildman–Crippen MR) is 67.8 cm³/mol. The normalized spacial score (nSPS) is 28.1. The van der Waals surface area contributed by atoms with Crippen molar-refractivity contribution in [2.24, 2.45) is 5.92 Å². The van der Waals surface area contributed by atoms with Crippen LogP contribution in [0.5, 0.6) is 0 Å². The summed E-state index contributed by atoms with van der Waals surface area (Å²) in [6.45, 7) is 5.65. The van der Waals surface area contributed by atoms with Gasteiger partial charge < -0.3 is 5.32 Å². The maximum atomic E-state index is 3.65. The maximum absolute atomic E-state index is 3.65. The first kappa shape index (κ1) is 10.3. The molecular weight excluding hydrogens is 194 g/mol. The third-order valence-electron chi connectivity index (χ3n) is 3.84. The molecule has 0 bridgehead atoms. The van der Waals surface area contributed by atoms with Gasteiger partial charge in [0.25, 0.3) is 0 Å². The first-order valence-electron chi connectivity index (χ1n) is 6.54. The van der Waals surface area contributed by atoms with E-state index in [1.54, 1.807) is 5.56 Å². The van der Waals surface area contributed by atoms with Gasteiger partial charge in [0.1, 0.15) is 0 Å². The van der Waals surface area contributed by atoms with Crippen LogP contribution >= 0.6 is 0 Å². The van der Waals surface area contributed by atoms with Crippen LogP contribution in [0.2, 0.25) is 0 Å². The highest BCUT2D eigenvalue weighted by Crippen LogP contribution is 2.47. The van der Waals surface area contributed by atoms with E-state index in [0.29, 0.717) is 0 Å². The summed E-state index contributed by atoms with van der Waals surface area (Å²) in [6.07, 6.45) is 4.20. The molecule has 0 spiro atoms. The van der Waals surface area contributed by atoms with Crippen LogP contribution in [0.1, 0.15) is 41.9 Å². The largest absolute Gasteiger partial charge is 0.314 e. The first-order chi connectivity index (χ1) is 7.72. The van der Waals surface area contributed by atoms with Crippen LogP contribution < -0.4 is 5.32 Å². The second-order valence-corrected chi connectivity index (χ2v) is 5.71. The number of nitrogens with one attached hydrogen (secondary N) is 1. The zero-order chi connectivity index (χ0) is 11.1. The molecule has 2 aliphatic rings. The van der Waals surface area contributed by atoms with Gasteiger partial charge in [-0.3, -0.25) is 0 Å². The second kappa shape index (κ2) is 3.89. The number of rotatable bonds is 4. The molecule has 2 aliphatic carbocycles. The summed E-state index contributed by atoms with van der Waals surface area (Å²) in [5.41, 5.74) is 4.40. The Morgan fingerprint density at radius 3 is 2.44 bits per heavy atom. The minimum atomic E-state index is 0.838. The molecule has 86 valence electrons. The number of hydrogen-bond donors (Lipinski definition) is 1. The summed E-state index contributed by atoms with van der Waals surface area (Å²) in [6, 6.07) is 7.87. The molecule has 0 saturated heterocycles. The van der Waals surface area contributed by atoms with Crippen LogP contribution in [-0.2, 0) is 0 Å². The fourth-order valence-electron chi connectivity index (χ4n) is 2.71. The molecule has 16 heavy (non-hydrogen) atoms. The van der Waals surface area contributed by atoms with E-state index in [0.717, 1.165) is 17.9 Å². The molecule has 1 nitrogen and oxygen atoms in total. The van der Waals surface area contributed by atoms with Crippen molar-refractivity contribution in [3.63, 3.8) is 0 Å². The Morgan fingerprint density at radius 1 is 1.12 bits per heavy atom. The second-order valence-electron chi connectivity index (χ2n) is 5.71. The van der Waals surface area contributed by atoms with Crippen LogP contribution in [0.25, 0.3) is 0 Å². The Labute approximate surface area is 98.3 Å². The summed E-state index contributed by atoms with van der Waals surface area (Å²) in [5, 5.41) is 3.65. The van der Waals surface area contributed by atoms with Crippen molar-refractivity contribution in [1.82, 2.24) is 5.32 Å². The third kappa shape index (κ3) is 2.30. The highest BCUT2D eigenvalue weighted by atomic mass is 15.0. The molecule has 2 fully saturated rings. The molecule has 1 aromatic rings. The van der Waals surface area contributed by atoms with E-state index in [2.05, 4.69) is 37.4 Å². The van der Waals surface area contributed by atoms with E-state index in [9.17, 15) is 0 Å². The van der Waals surface area contributed by atoms with Crippen LogP contribution in [0.4, 0.5) is 0 Å². The monoisotopic (exact) mass is 215 g/mol. The fraction of sp³-hybridized carbons (Fsp3) is 0.600. The van der Waals surface area contributed by atoms with Crippen molar-refractivity contribution in [2.75, 3.05) is 6.54 Å². The summed E-state index contributed by atoms with van der Waals surface area (Å²) in [7, 11) is 0. The van der Waals surface area contributed by atoms with E-state index in [4.69, 9.17) is 0 Å². The highest BCUT2D eigenvalue weighted by molar-refractivity contribution is 5.34. The van der Waals surface area contributed by atoms with Crippen molar-refractivity contribution >= 4 is 0 Å². The summed E-state index contributed by atoms with van der Waals surface area (Å²) in [5.74, 6) is 1.74. The lowest BCUT2D eigenvalue weighted by atomic mass is 10.0. The zero-order valence-electron chi connectivity index (χ0n) is 10.3. The van der Waals surface area contributed by atoms with Crippen molar-refractivity contribution in [2.45, 2.75) is 45.1 Å². The van der Waals surface area contributed by atoms with Gasteiger partial charge in [0.05, 0.1) is 0 Å². The van der Waals surface area contributed by atoms with Gasteiger partial charge in [0, 0.05) is 6.04 Å². The maximum Gasteiger partial charge on any atom is 0.00683 e. The van der Waals surface area contributed by atoms with Gasteiger partial charge in [-0.1, -0.05) is 29.3 Å². The van der Waals surface area contributed by atoms with Crippen LogP contribution in [0, 0.1) is 19.8 Å². The standard InChI is InChI=1S/C15H21N/c1-10-5-11(2)7-12(6-10)15-8-13(15)9-16-14-3-4-14/h5-7,13-16H,3-4,8-9H2,1-2H3. The zero-order valence-corrected chi connectivity index (χ0v) is 10.3. The summed E-state index contributed by atoms with van der Waals surface area (Å²) in [4.78, 5) is 0. The molecule has 1 aromatic carbocycles. The lowest BCUT2D eigenvalue weighted by molar-refractivity contribution is 0.623. The molecule has 2 saturated carbocycles. The molecular formula is C15H21N. The Morgan fingerprint density at radius 2 is 1.81 bits per heavy atom. The molecule has 1 N–H and O–H groups in total. The first-order valence-corrected chi connectivity index (χ1v) is 6.54. The van der Waals surface area contributed by atoms with Gasteiger partial charge >= 0.3 is 0 Å². The van der Waals surface area contributed by atoms with E-state index in [1.165, 1.54) is 36.9 Å². The molecule has 3 rings (SSSR count). The fourth-order valence-corrected chi connectivity index (χ4v) is 2.71. The van der Waals surface area contributed by atoms with Gasteiger partial charge in [-0.05, 0) is 57.1 Å². The van der Waals surface area contributed by atoms with Gasteiger partial charge in [-0.15, -0.1) is 0 Å². The van der Waals surface area contributed by atoms with E-state index in [1.807, 2.05) is 0 Å². The van der Waals surface area contributed by atoms with Gasteiger partial charge in [0.15, 0.2) is 0 Å². The Balaban J connectivity index is 1.60. The van der Waals surface area contributed by atoms with Gasteiger partial charge in [-0.2, -0.15) is 0 Å². The molecule has 0 aromatic heterocycles. The van der Waals surface area contributed by atoms with E-state index in [-0.39, 0.29) is 0 Å². The average Bonchev–Trinajstić information content (AvgIpc) is 3.10. The topological polar surface area (TPSA) is 12.0 Å². The lowest BCUT2D eigenvalue weighted by Crippen LogP contribution is -2.19. The Hall–Kier alpha value is -0.820. The van der Waals surface area contributed by atoms with E-state index < -0.39 is 0 Å². The van der Waals surface area contributed by atoms with Crippen LogP contribution in [0.15, 0.2) is 18.2 Å². The van der Waals surface area contributed by atoms with Gasteiger partial charge in [-0.25, -0.2) is 0 Å². The molecule has 0 aliphatic heterocycles. The van der Waals surface area contributed by atoms with Crippen molar-refractivity contribution < 1.29 is 0 Å². The van der Waals surface area contributed by atoms with Crippen molar-refractivity contribution in [3.8, 4) is 0 Å². The molecule has 2 atom stereocenters. The minimum absolute atomic E-state index is 0.838. The number of benzene rings is 1. The molecule has 2 unspecified atom stereocenters. The van der Waals surface area contributed by atoms with Crippen molar-refractivity contribution in [3.05, 3.63) is 34.9 Å². The van der Waals surface area contributed by atoms with Crippen molar-refractivity contribution in [1.29, 1.82) is 0 Å². The highest BCUT2D eigenvalue weighted by Gasteiger charge is 2.38. The molecule has 1 heteroatoms. The number of aryl methyl sites for hydroxylation is 2. The minimum Gasteiger partial charge on any atom is -0.314 e. The molecule has 0 radical (unpaired) electrons. The third-order valence-corrected chi connectivity index (χ3v) is 3.84. The lowest BCUT2D eigenvalue weighted by Gasteiger charge is -2.05. The Kier molecular flexibility index (Phi) is 2.51. The van der Waals surface area contributed by atoms with Gasteiger partial charge in [0.2, 0.25) is 0 Å². The number of hydrogen-bond acceptors (Lipinski definition) is 1. The summed E-state index contributed by atoms with van der Waals surface area (Å²) >= 11 is 0. The quantitative estimate of drug-likeness (QED) is 0.813. The smallest absolute Gasteiger partial charge is 0.00683 e. The summed E-state index contributed by atoms with van der Waals surface area (Å²) < 4.78 is 0. The average molecular weight is 215 g/mol. The molecule has 0 heterocycles. The van der Waals surface area contributed by atoms with E-state index >= 15 is 0 Å². The SMILES string of the molecule is Cc1cc(C)cc(C2CC2CNC2CC2)c1. The Bertz CT molecular complexity index is 372. The molecule has 0 amide bonds.